The Hall–Kier alpha value is -0.770. The van der Waals surface area contributed by atoms with E-state index in [-0.39, 0.29) is 11.6 Å². The highest BCUT2D eigenvalue weighted by Gasteiger charge is 2.41. The Morgan fingerprint density at radius 1 is 1.10 bits per heavy atom. The van der Waals surface area contributed by atoms with Crippen molar-refractivity contribution in [3.8, 4) is 0 Å². The second-order valence-corrected chi connectivity index (χ2v) is 8.14. The van der Waals surface area contributed by atoms with Gasteiger partial charge in [-0.15, -0.1) is 0 Å². The fourth-order valence-corrected chi connectivity index (χ4v) is 5.15. The van der Waals surface area contributed by atoms with Crippen LogP contribution >= 0.6 is 0 Å². The summed E-state index contributed by atoms with van der Waals surface area (Å²) in [5.41, 5.74) is 0.00469. The van der Waals surface area contributed by atoms with Crippen molar-refractivity contribution >= 4 is 6.03 Å². The van der Waals surface area contributed by atoms with Crippen molar-refractivity contribution in [3.63, 3.8) is 0 Å². The van der Waals surface area contributed by atoms with E-state index in [0.717, 1.165) is 56.5 Å². The van der Waals surface area contributed by atoms with Crippen LogP contribution in [0.25, 0.3) is 0 Å². The van der Waals surface area contributed by atoms with Gasteiger partial charge >= 0.3 is 6.03 Å². The lowest BCUT2D eigenvalue weighted by Crippen LogP contribution is -2.57. The molecule has 1 heterocycles. The molecule has 21 heavy (non-hydrogen) atoms. The third-order valence-corrected chi connectivity index (χ3v) is 5.71. The first-order valence-corrected chi connectivity index (χ1v) is 8.82. The van der Waals surface area contributed by atoms with Crippen molar-refractivity contribution in [1.29, 1.82) is 0 Å². The molecule has 3 N–H and O–H groups in total. The van der Waals surface area contributed by atoms with Gasteiger partial charge in [-0.25, -0.2) is 4.79 Å². The molecule has 4 nitrogen and oxygen atoms in total. The van der Waals surface area contributed by atoms with Gasteiger partial charge < -0.3 is 16.0 Å². The Kier molecular flexibility index (Phi) is 4.43. The number of carbonyl (C=O) groups excluding carboxylic acids is 1. The van der Waals surface area contributed by atoms with Crippen LogP contribution in [0.5, 0.6) is 0 Å². The van der Waals surface area contributed by atoms with Gasteiger partial charge in [0.2, 0.25) is 0 Å². The Morgan fingerprint density at radius 3 is 2.33 bits per heavy atom. The molecule has 3 fully saturated rings. The summed E-state index contributed by atoms with van der Waals surface area (Å²) in [6.45, 7) is 6.68. The molecule has 0 spiro atoms. The molecule has 3 aliphatic rings. The first kappa shape index (κ1) is 15.1. The van der Waals surface area contributed by atoms with E-state index >= 15 is 0 Å². The summed E-state index contributed by atoms with van der Waals surface area (Å²) < 4.78 is 0. The highest BCUT2D eigenvalue weighted by molar-refractivity contribution is 5.75. The topological polar surface area (TPSA) is 53.2 Å². The van der Waals surface area contributed by atoms with Crippen LogP contribution in [0.2, 0.25) is 0 Å². The van der Waals surface area contributed by atoms with Gasteiger partial charge in [0.05, 0.1) is 0 Å². The molecule has 2 aliphatic carbocycles. The lowest BCUT2D eigenvalue weighted by molar-refractivity contribution is 0.0780. The number of rotatable bonds is 2. The predicted octanol–water partition coefficient (Wildman–Crippen LogP) is 2.64. The molecule has 1 saturated heterocycles. The molecule has 2 atom stereocenters. The molecule has 2 unspecified atom stereocenters. The summed E-state index contributed by atoms with van der Waals surface area (Å²) >= 11 is 0. The van der Waals surface area contributed by atoms with E-state index in [1.165, 1.54) is 19.3 Å². The minimum atomic E-state index is 0.00469. The maximum absolute atomic E-state index is 12.3. The number of hydrogen-bond acceptors (Lipinski definition) is 2. The average molecular weight is 293 g/mol. The standard InChI is InChI=1S/C17H31N3O/c1-12-7-13-9-14(8-12)11-17(2,10-13)20-16(21)19-15-3-5-18-6-4-15/h12-15,18H,3-11H2,1-2H3,(H2,19,20,21). The molecule has 120 valence electrons. The second-order valence-electron chi connectivity index (χ2n) is 8.14. The van der Waals surface area contributed by atoms with E-state index in [2.05, 4.69) is 29.8 Å². The fraction of sp³-hybridized carbons (Fsp3) is 0.941. The monoisotopic (exact) mass is 293 g/mol. The zero-order chi connectivity index (χ0) is 14.9. The molecule has 0 radical (unpaired) electrons. The molecule has 4 heteroatoms. The summed E-state index contributed by atoms with van der Waals surface area (Å²) in [6, 6.07) is 0.399. The first-order valence-electron chi connectivity index (χ1n) is 8.82. The third kappa shape index (κ3) is 3.91. The number of nitrogens with one attached hydrogen (secondary N) is 3. The molecular formula is C17H31N3O. The molecule has 0 aromatic rings. The number of amides is 2. The van der Waals surface area contributed by atoms with Gasteiger partial charge in [-0.1, -0.05) is 6.92 Å². The first-order chi connectivity index (χ1) is 10.0. The van der Waals surface area contributed by atoms with E-state index in [1.54, 1.807) is 0 Å². The lowest BCUT2D eigenvalue weighted by Gasteiger charge is -2.47. The predicted molar refractivity (Wildman–Crippen MR) is 85.2 cm³/mol. The zero-order valence-electron chi connectivity index (χ0n) is 13.6. The van der Waals surface area contributed by atoms with E-state index in [1.807, 2.05) is 0 Å². The van der Waals surface area contributed by atoms with E-state index < -0.39 is 0 Å². The lowest BCUT2D eigenvalue weighted by atomic mass is 9.63. The number of hydrogen-bond donors (Lipinski definition) is 3. The maximum atomic E-state index is 12.3. The van der Waals surface area contributed by atoms with Crippen LogP contribution < -0.4 is 16.0 Å². The number of fused-ring (bicyclic) bond motifs is 2. The summed E-state index contributed by atoms with van der Waals surface area (Å²) in [5.74, 6) is 2.51. The molecule has 3 rings (SSSR count). The number of piperidine rings is 1. The van der Waals surface area contributed by atoms with Crippen molar-refractivity contribution in [3.05, 3.63) is 0 Å². The van der Waals surface area contributed by atoms with Crippen LogP contribution in [-0.4, -0.2) is 30.7 Å². The van der Waals surface area contributed by atoms with Gasteiger partial charge in [0.25, 0.3) is 0 Å². The fourth-order valence-electron chi connectivity index (χ4n) is 5.15. The molecule has 2 saturated carbocycles. The average Bonchev–Trinajstić information content (AvgIpc) is 2.36. The summed E-state index contributed by atoms with van der Waals surface area (Å²) in [5, 5.41) is 9.83. The maximum Gasteiger partial charge on any atom is 0.315 e. The summed E-state index contributed by atoms with van der Waals surface area (Å²) in [6.07, 6.45) is 8.51. The normalized spacial score (nSPS) is 40.6. The minimum Gasteiger partial charge on any atom is -0.335 e. The molecule has 0 aromatic carbocycles. The summed E-state index contributed by atoms with van der Waals surface area (Å²) in [4.78, 5) is 12.3. The number of urea groups is 1. The Balaban J connectivity index is 1.52. The Morgan fingerprint density at radius 2 is 1.71 bits per heavy atom. The van der Waals surface area contributed by atoms with Crippen LogP contribution in [-0.2, 0) is 0 Å². The largest absolute Gasteiger partial charge is 0.335 e. The SMILES string of the molecule is CC1CC2CC(C1)CC(C)(NC(=O)NC1CCNCC1)C2. The van der Waals surface area contributed by atoms with Crippen LogP contribution in [0, 0.1) is 17.8 Å². The quantitative estimate of drug-likeness (QED) is 0.733. The van der Waals surface area contributed by atoms with Gasteiger partial charge in [-0.3, -0.25) is 0 Å². The van der Waals surface area contributed by atoms with Crippen molar-refractivity contribution < 1.29 is 4.79 Å². The van der Waals surface area contributed by atoms with Crippen molar-refractivity contribution in [2.45, 2.75) is 70.4 Å². The zero-order valence-corrected chi connectivity index (χ0v) is 13.6. The van der Waals surface area contributed by atoms with Crippen molar-refractivity contribution in [2.24, 2.45) is 17.8 Å². The van der Waals surface area contributed by atoms with Crippen LogP contribution in [0.4, 0.5) is 4.79 Å². The smallest absolute Gasteiger partial charge is 0.315 e. The van der Waals surface area contributed by atoms with Gasteiger partial charge in [0.15, 0.2) is 0 Å². The summed E-state index contributed by atoms with van der Waals surface area (Å²) in [7, 11) is 0. The van der Waals surface area contributed by atoms with Crippen LogP contribution in [0.1, 0.15) is 58.8 Å². The molecule has 2 bridgehead atoms. The van der Waals surface area contributed by atoms with Gasteiger partial charge in [0.1, 0.15) is 0 Å². The Bertz CT molecular complexity index is 360. The highest BCUT2D eigenvalue weighted by atomic mass is 16.2. The van der Waals surface area contributed by atoms with E-state index in [0.29, 0.717) is 6.04 Å². The highest BCUT2D eigenvalue weighted by Crippen LogP contribution is 2.46. The van der Waals surface area contributed by atoms with Gasteiger partial charge in [0, 0.05) is 11.6 Å². The molecule has 0 aromatic heterocycles. The van der Waals surface area contributed by atoms with Crippen molar-refractivity contribution in [1.82, 2.24) is 16.0 Å². The van der Waals surface area contributed by atoms with E-state index in [4.69, 9.17) is 0 Å². The van der Waals surface area contributed by atoms with E-state index in [9.17, 15) is 4.79 Å². The van der Waals surface area contributed by atoms with Gasteiger partial charge in [-0.05, 0) is 82.7 Å². The molecule has 1 aliphatic heterocycles. The number of carbonyl (C=O) groups is 1. The van der Waals surface area contributed by atoms with Crippen LogP contribution in [0.15, 0.2) is 0 Å². The van der Waals surface area contributed by atoms with Crippen molar-refractivity contribution in [2.75, 3.05) is 13.1 Å². The van der Waals surface area contributed by atoms with Gasteiger partial charge in [-0.2, -0.15) is 0 Å². The third-order valence-electron chi connectivity index (χ3n) is 5.71. The Labute approximate surface area is 128 Å². The molecule has 2 amide bonds. The minimum absolute atomic E-state index is 0.00469. The molecular weight excluding hydrogens is 262 g/mol. The van der Waals surface area contributed by atoms with Crippen LogP contribution in [0.3, 0.4) is 0 Å². The second kappa shape index (κ2) is 6.15.